The van der Waals surface area contributed by atoms with E-state index >= 15 is 0 Å². The number of amides is 2. The molecular weight excluding hydrogens is 448 g/mol. The molecule has 0 aliphatic heterocycles. The molecule has 1 unspecified atom stereocenters. The molecule has 5 nitrogen and oxygen atoms in total. The molecule has 1 aliphatic rings. The van der Waals surface area contributed by atoms with Crippen LogP contribution < -0.4 is 10.1 Å². The zero-order valence-corrected chi connectivity index (χ0v) is 20.0. The Morgan fingerprint density at radius 2 is 1.65 bits per heavy atom. The van der Waals surface area contributed by atoms with Crippen LogP contribution in [0.25, 0.3) is 0 Å². The van der Waals surface area contributed by atoms with Crippen LogP contribution in [-0.2, 0) is 22.6 Å². The van der Waals surface area contributed by atoms with Gasteiger partial charge in [0.05, 0.1) is 7.11 Å². The van der Waals surface area contributed by atoms with E-state index in [0.717, 1.165) is 35.3 Å². The van der Waals surface area contributed by atoms with E-state index in [1.807, 2.05) is 66.7 Å². The second-order valence-electron chi connectivity index (χ2n) is 8.54. The highest BCUT2D eigenvalue weighted by molar-refractivity contribution is 6.30. The zero-order chi connectivity index (χ0) is 23.9. The number of aryl methyl sites for hydroxylation is 1. The summed E-state index contributed by atoms with van der Waals surface area (Å²) in [4.78, 5) is 28.7. The van der Waals surface area contributed by atoms with Crippen LogP contribution >= 0.6 is 11.6 Å². The van der Waals surface area contributed by atoms with E-state index in [2.05, 4.69) is 5.32 Å². The lowest BCUT2D eigenvalue weighted by Crippen LogP contribution is -2.45. The Morgan fingerprint density at radius 1 is 0.971 bits per heavy atom. The van der Waals surface area contributed by atoms with E-state index in [9.17, 15) is 9.59 Å². The lowest BCUT2D eigenvalue weighted by atomic mass is 10.0. The maximum atomic E-state index is 13.5. The molecule has 0 aromatic heterocycles. The summed E-state index contributed by atoms with van der Waals surface area (Å²) in [6.45, 7) is 0.405. The topological polar surface area (TPSA) is 58.6 Å². The molecule has 3 aromatic carbocycles. The molecule has 1 atom stereocenters. The molecule has 4 rings (SSSR count). The van der Waals surface area contributed by atoms with E-state index in [1.165, 1.54) is 0 Å². The van der Waals surface area contributed by atoms with Gasteiger partial charge in [0.1, 0.15) is 11.8 Å². The summed E-state index contributed by atoms with van der Waals surface area (Å²) >= 11 is 6.10. The fourth-order valence-corrected chi connectivity index (χ4v) is 4.17. The first-order chi connectivity index (χ1) is 16.5. The Morgan fingerprint density at radius 3 is 2.26 bits per heavy atom. The van der Waals surface area contributed by atoms with Crippen LogP contribution in [0, 0.1) is 0 Å². The van der Waals surface area contributed by atoms with Crippen molar-refractivity contribution in [2.75, 3.05) is 7.11 Å². The smallest absolute Gasteiger partial charge is 0.247 e. The van der Waals surface area contributed by atoms with Crippen LogP contribution in [0.1, 0.15) is 42.0 Å². The monoisotopic (exact) mass is 476 g/mol. The molecule has 2 amide bonds. The predicted molar refractivity (Wildman–Crippen MR) is 134 cm³/mol. The Kier molecular flexibility index (Phi) is 7.86. The molecule has 34 heavy (non-hydrogen) atoms. The van der Waals surface area contributed by atoms with Crippen molar-refractivity contribution in [2.24, 2.45) is 0 Å². The largest absolute Gasteiger partial charge is 0.497 e. The van der Waals surface area contributed by atoms with Crippen molar-refractivity contribution in [3.05, 3.63) is 101 Å². The molecule has 0 spiro atoms. The van der Waals surface area contributed by atoms with E-state index < -0.39 is 6.04 Å². The first-order valence-corrected chi connectivity index (χ1v) is 11.9. The second kappa shape index (κ2) is 11.2. The lowest BCUT2D eigenvalue weighted by Gasteiger charge is -2.32. The Hall–Kier alpha value is -3.31. The summed E-state index contributed by atoms with van der Waals surface area (Å²) in [5.74, 6) is 0.580. The van der Waals surface area contributed by atoms with Gasteiger partial charge >= 0.3 is 0 Å². The highest BCUT2D eigenvalue weighted by atomic mass is 35.5. The van der Waals surface area contributed by atoms with Crippen molar-refractivity contribution in [3.63, 3.8) is 0 Å². The van der Waals surface area contributed by atoms with Crippen molar-refractivity contribution >= 4 is 23.4 Å². The third-order valence-corrected chi connectivity index (χ3v) is 6.29. The predicted octanol–water partition coefficient (Wildman–Crippen LogP) is 5.33. The summed E-state index contributed by atoms with van der Waals surface area (Å²) in [5.41, 5.74) is 2.83. The molecule has 3 aromatic rings. The first kappa shape index (κ1) is 23.8. The Labute approximate surface area is 205 Å². The number of carbonyl (C=O) groups excluding carboxylic acids is 2. The van der Waals surface area contributed by atoms with Gasteiger partial charge in [0, 0.05) is 24.0 Å². The summed E-state index contributed by atoms with van der Waals surface area (Å²) in [7, 11) is 1.63. The molecule has 6 heteroatoms. The van der Waals surface area contributed by atoms with Gasteiger partial charge in [0.25, 0.3) is 0 Å². The molecule has 0 saturated heterocycles. The number of methoxy groups -OCH3 is 1. The Balaban J connectivity index is 1.53. The standard InChI is InChI=1S/C28H29ClN2O3/c1-34-25-16-7-20(8-17-25)9-18-26(32)31(24-14-15-24)27(22-10-12-23(29)13-11-22)28(33)30-19-21-5-3-2-4-6-21/h2-8,10-13,16-17,24,27H,9,14-15,18-19H2,1H3,(H,30,33). The minimum atomic E-state index is -0.697. The second-order valence-corrected chi connectivity index (χ2v) is 8.97. The maximum absolute atomic E-state index is 13.5. The molecule has 176 valence electrons. The lowest BCUT2D eigenvalue weighted by molar-refractivity contribution is -0.141. The molecular formula is C28H29ClN2O3. The number of halogens is 1. The fraction of sp³-hybridized carbons (Fsp3) is 0.286. The number of ether oxygens (including phenoxy) is 1. The molecule has 0 radical (unpaired) electrons. The van der Waals surface area contributed by atoms with Crippen molar-refractivity contribution in [2.45, 2.75) is 44.3 Å². The quantitative estimate of drug-likeness (QED) is 0.430. The molecule has 0 heterocycles. The average molecular weight is 477 g/mol. The van der Waals surface area contributed by atoms with Gasteiger partial charge in [-0.25, -0.2) is 0 Å². The van der Waals surface area contributed by atoms with Gasteiger partial charge in [0.15, 0.2) is 0 Å². The molecule has 1 aliphatic carbocycles. The van der Waals surface area contributed by atoms with Gasteiger partial charge in [-0.3, -0.25) is 9.59 Å². The minimum absolute atomic E-state index is 0.0203. The van der Waals surface area contributed by atoms with E-state index in [0.29, 0.717) is 24.4 Å². The van der Waals surface area contributed by atoms with Gasteiger partial charge in [-0.2, -0.15) is 0 Å². The Bertz CT molecular complexity index is 1100. The van der Waals surface area contributed by atoms with Crippen molar-refractivity contribution in [1.82, 2.24) is 10.2 Å². The highest BCUT2D eigenvalue weighted by Gasteiger charge is 2.40. The third-order valence-electron chi connectivity index (χ3n) is 6.04. The maximum Gasteiger partial charge on any atom is 0.247 e. The number of nitrogens with zero attached hydrogens (tertiary/aromatic N) is 1. The average Bonchev–Trinajstić information content (AvgIpc) is 3.71. The minimum Gasteiger partial charge on any atom is -0.497 e. The van der Waals surface area contributed by atoms with Crippen molar-refractivity contribution < 1.29 is 14.3 Å². The van der Waals surface area contributed by atoms with Crippen molar-refractivity contribution in [3.8, 4) is 5.75 Å². The first-order valence-electron chi connectivity index (χ1n) is 11.6. The number of hydrogen-bond donors (Lipinski definition) is 1. The fourth-order valence-electron chi connectivity index (χ4n) is 4.05. The van der Waals surface area contributed by atoms with Crippen molar-refractivity contribution in [1.29, 1.82) is 0 Å². The summed E-state index contributed by atoms with van der Waals surface area (Å²) < 4.78 is 5.21. The number of rotatable bonds is 10. The number of hydrogen-bond acceptors (Lipinski definition) is 3. The SMILES string of the molecule is COc1ccc(CCC(=O)N(C2CC2)C(C(=O)NCc2ccccc2)c2ccc(Cl)cc2)cc1. The van der Waals surface area contributed by atoms with Gasteiger partial charge in [-0.15, -0.1) is 0 Å². The molecule has 1 saturated carbocycles. The van der Waals surface area contributed by atoms with Crippen LogP contribution in [0.3, 0.4) is 0 Å². The van der Waals surface area contributed by atoms with E-state index in [1.54, 1.807) is 24.1 Å². The van der Waals surface area contributed by atoms with Gasteiger partial charge in [-0.1, -0.05) is 66.2 Å². The molecule has 1 fully saturated rings. The van der Waals surface area contributed by atoms with Crippen LogP contribution in [0.5, 0.6) is 5.75 Å². The van der Waals surface area contributed by atoms with E-state index in [4.69, 9.17) is 16.3 Å². The summed E-state index contributed by atoms with van der Waals surface area (Å²) in [6.07, 6.45) is 2.75. The zero-order valence-electron chi connectivity index (χ0n) is 19.2. The summed E-state index contributed by atoms with van der Waals surface area (Å²) in [6, 6.07) is 24.1. The highest BCUT2D eigenvalue weighted by Crippen LogP contribution is 2.36. The van der Waals surface area contributed by atoms with Gasteiger partial charge in [0.2, 0.25) is 11.8 Å². The number of nitrogens with one attached hydrogen (secondary N) is 1. The normalized spacial score (nSPS) is 13.7. The molecule has 1 N–H and O–H groups in total. The summed E-state index contributed by atoms with van der Waals surface area (Å²) in [5, 5.41) is 3.63. The number of benzene rings is 3. The van der Waals surface area contributed by atoms with Crippen LogP contribution in [0.15, 0.2) is 78.9 Å². The third kappa shape index (κ3) is 6.17. The van der Waals surface area contributed by atoms with Gasteiger partial charge in [-0.05, 0) is 60.2 Å². The molecule has 0 bridgehead atoms. The van der Waals surface area contributed by atoms with Crippen LogP contribution in [-0.4, -0.2) is 29.9 Å². The van der Waals surface area contributed by atoms with Gasteiger partial charge < -0.3 is 15.0 Å². The van der Waals surface area contributed by atoms with Crippen LogP contribution in [0.2, 0.25) is 5.02 Å². The number of carbonyl (C=O) groups is 2. The van der Waals surface area contributed by atoms with E-state index in [-0.39, 0.29) is 17.9 Å². The van der Waals surface area contributed by atoms with Crippen LogP contribution in [0.4, 0.5) is 0 Å².